The normalized spacial score (nSPS) is 10.3. The lowest BCUT2D eigenvalue weighted by molar-refractivity contribution is 0.479. The molecule has 0 unspecified atom stereocenters. The second kappa shape index (κ2) is 5.63. The van der Waals surface area contributed by atoms with Crippen LogP contribution >= 0.6 is 27.5 Å². The Morgan fingerprint density at radius 2 is 1.95 bits per heavy atom. The molecule has 3 N–H and O–H groups in total. The van der Waals surface area contributed by atoms with E-state index in [2.05, 4.69) is 15.9 Å². The number of rotatable bonds is 3. The number of hydrogen-bond donors (Lipinski definition) is 2. The first-order chi connectivity index (χ1) is 8.97. The molecule has 19 heavy (non-hydrogen) atoms. The highest BCUT2D eigenvalue weighted by Gasteiger charge is 2.08. The van der Waals surface area contributed by atoms with E-state index >= 15 is 0 Å². The molecule has 3 nitrogen and oxygen atoms in total. The summed E-state index contributed by atoms with van der Waals surface area (Å²) in [4.78, 5) is 0. The van der Waals surface area contributed by atoms with Gasteiger partial charge in [-0.2, -0.15) is 0 Å². The molecule has 0 atom stereocenters. The molecule has 0 saturated heterocycles. The summed E-state index contributed by atoms with van der Waals surface area (Å²) in [6, 6.07) is 10.8. The van der Waals surface area contributed by atoms with Gasteiger partial charge in [0.15, 0.2) is 0 Å². The van der Waals surface area contributed by atoms with E-state index in [-0.39, 0.29) is 5.84 Å². The molecule has 0 amide bonds. The third-order valence-corrected chi connectivity index (χ3v) is 3.40. The molecule has 2 aromatic rings. The molecular weight excluding hydrogens is 328 g/mol. The zero-order chi connectivity index (χ0) is 14.0. The minimum absolute atomic E-state index is 0.0212. The van der Waals surface area contributed by atoms with Gasteiger partial charge in [-0.15, -0.1) is 0 Å². The smallest absolute Gasteiger partial charge is 0.146 e. The first-order valence-corrected chi connectivity index (χ1v) is 6.72. The van der Waals surface area contributed by atoms with Crippen LogP contribution in [0.25, 0.3) is 0 Å². The zero-order valence-electron chi connectivity index (χ0n) is 10.2. The highest BCUT2D eigenvalue weighted by Crippen LogP contribution is 2.33. The van der Waals surface area contributed by atoms with E-state index < -0.39 is 0 Å². The van der Waals surface area contributed by atoms with Crippen molar-refractivity contribution in [2.75, 3.05) is 0 Å². The minimum Gasteiger partial charge on any atom is -0.455 e. The van der Waals surface area contributed by atoms with Gasteiger partial charge in [-0.25, -0.2) is 0 Å². The monoisotopic (exact) mass is 338 g/mol. The quantitative estimate of drug-likeness (QED) is 0.639. The Kier molecular flexibility index (Phi) is 4.12. The van der Waals surface area contributed by atoms with Gasteiger partial charge >= 0.3 is 0 Å². The summed E-state index contributed by atoms with van der Waals surface area (Å²) in [5.74, 6) is 1.24. The maximum Gasteiger partial charge on any atom is 0.146 e. The molecule has 0 radical (unpaired) electrons. The second-order valence-electron chi connectivity index (χ2n) is 4.07. The summed E-state index contributed by atoms with van der Waals surface area (Å²) in [6.45, 7) is 1.96. The molecule has 0 aliphatic rings. The van der Waals surface area contributed by atoms with Crippen LogP contribution in [0.2, 0.25) is 5.02 Å². The highest BCUT2D eigenvalue weighted by atomic mass is 79.9. The van der Waals surface area contributed by atoms with Gasteiger partial charge < -0.3 is 10.5 Å². The number of nitrogens with two attached hydrogens (primary N) is 1. The Morgan fingerprint density at radius 1 is 1.21 bits per heavy atom. The van der Waals surface area contributed by atoms with Crippen molar-refractivity contribution < 1.29 is 4.74 Å². The molecule has 0 aliphatic heterocycles. The average molecular weight is 340 g/mol. The first kappa shape index (κ1) is 13.9. The van der Waals surface area contributed by atoms with E-state index in [1.807, 2.05) is 25.1 Å². The van der Waals surface area contributed by atoms with Gasteiger partial charge in [0.2, 0.25) is 0 Å². The van der Waals surface area contributed by atoms with Gasteiger partial charge in [0.05, 0.1) is 5.02 Å². The van der Waals surface area contributed by atoms with Gasteiger partial charge in [-0.1, -0.05) is 33.6 Å². The molecule has 0 aromatic heterocycles. The number of amidine groups is 1. The summed E-state index contributed by atoms with van der Waals surface area (Å²) in [5.41, 5.74) is 6.99. The third kappa shape index (κ3) is 3.28. The van der Waals surface area contributed by atoms with Crippen molar-refractivity contribution in [3.8, 4) is 11.5 Å². The van der Waals surface area contributed by atoms with Crippen LogP contribution in [0.1, 0.15) is 11.1 Å². The van der Waals surface area contributed by atoms with Crippen molar-refractivity contribution >= 4 is 33.4 Å². The number of hydrogen-bond acceptors (Lipinski definition) is 2. The van der Waals surface area contributed by atoms with Gasteiger partial charge in [0.1, 0.15) is 17.3 Å². The molecule has 0 fully saturated rings. The van der Waals surface area contributed by atoms with Crippen molar-refractivity contribution in [3.05, 3.63) is 57.0 Å². The summed E-state index contributed by atoms with van der Waals surface area (Å²) in [7, 11) is 0. The van der Waals surface area contributed by atoms with Gasteiger partial charge in [0.25, 0.3) is 0 Å². The van der Waals surface area contributed by atoms with Crippen LogP contribution in [0.5, 0.6) is 11.5 Å². The maximum atomic E-state index is 7.36. The summed E-state index contributed by atoms with van der Waals surface area (Å²) in [5, 5.41) is 7.78. The second-order valence-corrected chi connectivity index (χ2v) is 5.39. The van der Waals surface area contributed by atoms with Crippen LogP contribution in [0.15, 0.2) is 40.9 Å². The largest absolute Gasteiger partial charge is 0.455 e. The van der Waals surface area contributed by atoms with E-state index in [1.54, 1.807) is 18.2 Å². The fraction of sp³-hybridized carbons (Fsp3) is 0.0714. The van der Waals surface area contributed by atoms with E-state index in [0.717, 1.165) is 15.8 Å². The van der Waals surface area contributed by atoms with Crippen LogP contribution < -0.4 is 10.5 Å². The zero-order valence-corrected chi connectivity index (χ0v) is 12.5. The highest BCUT2D eigenvalue weighted by molar-refractivity contribution is 9.10. The lowest BCUT2D eigenvalue weighted by Gasteiger charge is -2.11. The van der Waals surface area contributed by atoms with Crippen LogP contribution in [-0.4, -0.2) is 5.84 Å². The molecule has 0 saturated carbocycles. The Labute approximate surface area is 125 Å². The molecule has 98 valence electrons. The lowest BCUT2D eigenvalue weighted by atomic mass is 10.2. The molecule has 2 rings (SSSR count). The number of aryl methyl sites for hydroxylation is 1. The summed E-state index contributed by atoms with van der Waals surface area (Å²) >= 11 is 9.53. The minimum atomic E-state index is -0.0212. The molecule has 0 bridgehead atoms. The van der Waals surface area contributed by atoms with E-state index in [4.69, 9.17) is 27.5 Å². The number of nitrogen functional groups attached to an aromatic ring is 1. The molecule has 0 aliphatic carbocycles. The van der Waals surface area contributed by atoms with Gasteiger partial charge in [0, 0.05) is 10.0 Å². The van der Waals surface area contributed by atoms with Crippen molar-refractivity contribution in [1.82, 2.24) is 0 Å². The fourth-order valence-electron chi connectivity index (χ4n) is 1.55. The first-order valence-electron chi connectivity index (χ1n) is 5.55. The third-order valence-electron chi connectivity index (χ3n) is 2.61. The Bertz CT molecular complexity index is 643. The molecule has 0 heterocycles. The lowest BCUT2D eigenvalue weighted by Crippen LogP contribution is -2.10. The summed E-state index contributed by atoms with van der Waals surface area (Å²) < 4.78 is 6.72. The molecule has 2 aromatic carbocycles. The van der Waals surface area contributed by atoms with Crippen LogP contribution in [0, 0.1) is 12.3 Å². The molecule has 5 heteroatoms. The van der Waals surface area contributed by atoms with Crippen LogP contribution in [0.4, 0.5) is 0 Å². The van der Waals surface area contributed by atoms with Crippen LogP contribution in [0.3, 0.4) is 0 Å². The van der Waals surface area contributed by atoms with Crippen molar-refractivity contribution in [2.24, 2.45) is 5.73 Å². The Balaban J connectivity index is 2.33. The molecule has 0 spiro atoms. The standard InChI is InChI=1S/C14H12BrClN2O/c1-8-2-4-10(15)7-13(8)19-12-5-3-9(14(17)18)6-11(12)16/h2-7H,1H3,(H3,17,18). The topological polar surface area (TPSA) is 59.1 Å². The number of halogens is 2. The van der Waals surface area contributed by atoms with E-state index in [9.17, 15) is 0 Å². The van der Waals surface area contributed by atoms with Crippen molar-refractivity contribution in [2.45, 2.75) is 6.92 Å². The SMILES string of the molecule is Cc1ccc(Br)cc1Oc1ccc(C(=N)N)cc1Cl. The number of nitrogens with one attached hydrogen (secondary N) is 1. The fourth-order valence-corrected chi connectivity index (χ4v) is 2.11. The number of benzene rings is 2. The maximum absolute atomic E-state index is 7.36. The molecular formula is C14H12BrClN2O. The van der Waals surface area contributed by atoms with Gasteiger partial charge in [-0.3, -0.25) is 5.41 Å². The van der Waals surface area contributed by atoms with E-state index in [0.29, 0.717) is 16.3 Å². The Hall–Kier alpha value is -1.52. The Morgan fingerprint density at radius 3 is 2.58 bits per heavy atom. The van der Waals surface area contributed by atoms with Crippen molar-refractivity contribution in [3.63, 3.8) is 0 Å². The number of ether oxygens (including phenoxy) is 1. The van der Waals surface area contributed by atoms with E-state index in [1.165, 1.54) is 0 Å². The predicted molar refractivity (Wildman–Crippen MR) is 81.4 cm³/mol. The average Bonchev–Trinajstić information content (AvgIpc) is 2.36. The van der Waals surface area contributed by atoms with Crippen molar-refractivity contribution in [1.29, 1.82) is 5.41 Å². The van der Waals surface area contributed by atoms with Crippen LogP contribution in [-0.2, 0) is 0 Å². The van der Waals surface area contributed by atoms with Gasteiger partial charge in [-0.05, 0) is 42.8 Å². The summed E-state index contributed by atoms with van der Waals surface area (Å²) in [6.07, 6.45) is 0. The predicted octanol–water partition coefficient (Wildman–Crippen LogP) is 4.49.